The minimum absolute atomic E-state index is 0.0236. The average Bonchev–Trinajstić information content (AvgIpc) is 3.27. The smallest absolute Gasteiger partial charge is 0.269 e. The average molecular weight is 313 g/mol. The standard InChI is InChI=1S/C17H19N3OS/c1-20-15(9-14(19-20)16-3-2-6-22-16)17(21)18-10-13-8-11-4-5-12(13)7-11/h2-6,9,11-13H,7-8,10H2,1H3,(H,18,21)/t11-,12-,13-/m0/s1. The third kappa shape index (κ3) is 2.39. The number of hydrogen-bond acceptors (Lipinski definition) is 3. The fourth-order valence-corrected chi connectivity index (χ4v) is 4.35. The number of aromatic nitrogens is 2. The molecule has 0 aliphatic heterocycles. The summed E-state index contributed by atoms with van der Waals surface area (Å²) in [7, 11) is 1.83. The van der Waals surface area contributed by atoms with E-state index in [9.17, 15) is 4.79 Å². The van der Waals surface area contributed by atoms with Gasteiger partial charge in [0.15, 0.2) is 0 Å². The molecule has 5 heteroatoms. The number of allylic oxidation sites excluding steroid dienone is 2. The summed E-state index contributed by atoms with van der Waals surface area (Å²) < 4.78 is 1.67. The molecule has 2 aromatic heterocycles. The van der Waals surface area contributed by atoms with E-state index >= 15 is 0 Å². The molecule has 0 saturated heterocycles. The predicted octanol–water partition coefficient (Wildman–Crippen LogP) is 3.09. The highest BCUT2D eigenvalue weighted by Crippen LogP contribution is 2.42. The maximum absolute atomic E-state index is 12.4. The quantitative estimate of drug-likeness (QED) is 0.882. The number of carbonyl (C=O) groups is 1. The van der Waals surface area contributed by atoms with Crippen LogP contribution in [0.1, 0.15) is 23.3 Å². The van der Waals surface area contributed by atoms with Crippen molar-refractivity contribution < 1.29 is 4.79 Å². The second kappa shape index (κ2) is 5.39. The van der Waals surface area contributed by atoms with Crippen LogP contribution in [-0.2, 0) is 7.05 Å². The van der Waals surface area contributed by atoms with E-state index < -0.39 is 0 Å². The minimum atomic E-state index is -0.0236. The van der Waals surface area contributed by atoms with Gasteiger partial charge in [-0.25, -0.2) is 0 Å². The molecule has 4 nitrogen and oxygen atoms in total. The van der Waals surface area contributed by atoms with Crippen LogP contribution < -0.4 is 5.32 Å². The third-order valence-electron chi connectivity index (χ3n) is 4.83. The summed E-state index contributed by atoms with van der Waals surface area (Å²) in [6, 6.07) is 5.90. The van der Waals surface area contributed by atoms with Crippen LogP contribution in [0.3, 0.4) is 0 Å². The van der Waals surface area contributed by atoms with Crippen LogP contribution in [0.5, 0.6) is 0 Å². The van der Waals surface area contributed by atoms with E-state index in [0.717, 1.165) is 23.0 Å². The first-order valence-corrected chi connectivity index (χ1v) is 8.63. The largest absolute Gasteiger partial charge is 0.350 e. The second-order valence-electron chi connectivity index (χ2n) is 6.27. The zero-order chi connectivity index (χ0) is 15.1. The zero-order valence-electron chi connectivity index (χ0n) is 12.5. The Morgan fingerprint density at radius 1 is 1.45 bits per heavy atom. The number of thiophene rings is 1. The zero-order valence-corrected chi connectivity index (χ0v) is 13.3. The van der Waals surface area contributed by atoms with E-state index in [2.05, 4.69) is 22.6 Å². The highest BCUT2D eigenvalue weighted by molar-refractivity contribution is 7.13. The Bertz CT molecular complexity index is 716. The normalized spacial score (nSPS) is 25.8. The Hall–Kier alpha value is -1.88. The Morgan fingerprint density at radius 3 is 3.05 bits per heavy atom. The summed E-state index contributed by atoms with van der Waals surface area (Å²) in [4.78, 5) is 13.5. The lowest BCUT2D eigenvalue weighted by Crippen LogP contribution is -2.32. The van der Waals surface area contributed by atoms with Crippen molar-refractivity contribution in [1.29, 1.82) is 0 Å². The van der Waals surface area contributed by atoms with E-state index in [0.29, 0.717) is 17.5 Å². The number of nitrogens with zero attached hydrogens (tertiary/aromatic N) is 2. The molecule has 22 heavy (non-hydrogen) atoms. The van der Waals surface area contributed by atoms with Crippen LogP contribution in [0.15, 0.2) is 35.7 Å². The lowest BCUT2D eigenvalue weighted by molar-refractivity contribution is 0.0935. The van der Waals surface area contributed by atoms with E-state index in [-0.39, 0.29) is 5.91 Å². The molecule has 1 saturated carbocycles. The second-order valence-corrected chi connectivity index (χ2v) is 7.21. The Morgan fingerprint density at radius 2 is 2.36 bits per heavy atom. The summed E-state index contributed by atoms with van der Waals surface area (Å²) in [6.07, 6.45) is 7.14. The monoisotopic (exact) mass is 313 g/mol. The summed E-state index contributed by atoms with van der Waals surface area (Å²) in [6.45, 7) is 0.768. The molecule has 2 heterocycles. The lowest BCUT2D eigenvalue weighted by atomic mass is 9.93. The van der Waals surface area contributed by atoms with Crippen molar-refractivity contribution in [3.63, 3.8) is 0 Å². The SMILES string of the molecule is Cn1nc(-c2cccs2)cc1C(=O)NC[C@@H]1C[C@H]2C=C[C@H]1C2. The molecule has 0 aromatic carbocycles. The summed E-state index contributed by atoms with van der Waals surface area (Å²) >= 11 is 1.64. The van der Waals surface area contributed by atoms with Crippen molar-refractivity contribution in [3.05, 3.63) is 41.4 Å². The molecule has 2 aliphatic rings. The van der Waals surface area contributed by atoms with E-state index in [1.807, 2.05) is 30.6 Å². The van der Waals surface area contributed by atoms with E-state index in [1.165, 1.54) is 12.8 Å². The molecular weight excluding hydrogens is 294 g/mol. The van der Waals surface area contributed by atoms with Crippen LogP contribution in [0.2, 0.25) is 0 Å². The molecule has 1 amide bonds. The molecule has 1 N–H and O–H groups in total. The molecule has 1 fully saturated rings. The number of carbonyl (C=O) groups excluding carboxylic acids is 1. The number of aryl methyl sites for hydroxylation is 1. The van der Waals surface area contributed by atoms with Crippen molar-refractivity contribution in [2.24, 2.45) is 24.8 Å². The molecule has 0 unspecified atom stereocenters. The Balaban J connectivity index is 1.43. The van der Waals surface area contributed by atoms with E-state index in [4.69, 9.17) is 0 Å². The molecule has 3 atom stereocenters. The van der Waals surface area contributed by atoms with Gasteiger partial charge in [-0.2, -0.15) is 5.10 Å². The van der Waals surface area contributed by atoms with Crippen LogP contribution in [-0.4, -0.2) is 22.2 Å². The van der Waals surface area contributed by atoms with Gasteiger partial charge in [-0.3, -0.25) is 9.48 Å². The van der Waals surface area contributed by atoms with Gasteiger partial charge in [0.25, 0.3) is 5.91 Å². The highest BCUT2D eigenvalue weighted by atomic mass is 32.1. The van der Waals surface area contributed by atoms with Gasteiger partial charge in [0.2, 0.25) is 0 Å². The summed E-state index contributed by atoms with van der Waals surface area (Å²) in [5, 5.41) is 9.56. The number of amides is 1. The first-order chi connectivity index (χ1) is 10.7. The van der Waals surface area contributed by atoms with Gasteiger partial charge in [0, 0.05) is 13.6 Å². The van der Waals surface area contributed by atoms with E-state index in [1.54, 1.807) is 16.0 Å². The van der Waals surface area contributed by atoms with Crippen molar-refractivity contribution in [2.75, 3.05) is 6.54 Å². The highest BCUT2D eigenvalue weighted by Gasteiger charge is 2.35. The van der Waals surface area contributed by atoms with Gasteiger partial charge >= 0.3 is 0 Å². The number of hydrogen-bond donors (Lipinski definition) is 1. The van der Waals surface area contributed by atoms with Gasteiger partial charge in [-0.1, -0.05) is 18.2 Å². The number of fused-ring (bicyclic) bond motifs is 2. The van der Waals surface area contributed by atoms with Gasteiger partial charge in [-0.05, 0) is 48.1 Å². The first kappa shape index (κ1) is 13.8. The minimum Gasteiger partial charge on any atom is -0.350 e. The summed E-state index contributed by atoms with van der Waals surface area (Å²) in [5.41, 5.74) is 1.49. The van der Waals surface area contributed by atoms with Crippen LogP contribution in [0.25, 0.3) is 10.6 Å². The van der Waals surface area contributed by atoms with Gasteiger partial charge in [0.1, 0.15) is 11.4 Å². The molecular formula is C17H19N3OS. The topological polar surface area (TPSA) is 46.9 Å². The van der Waals surface area contributed by atoms with Gasteiger partial charge < -0.3 is 5.32 Å². The molecule has 2 aliphatic carbocycles. The molecule has 2 aromatic rings. The van der Waals surface area contributed by atoms with Crippen molar-refractivity contribution in [3.8, 4) is 10.6 Å². The fourth-order valence-electron chi connectivity index (χ4n) is 3.67. The van der Waals surface area contributed by atoms with Crippen molar-refractivity contribution >= 4 is 17.2 Å². The molecule has 4 rings (SSSR count). The molecule has 0 spiro atoms. The van der Waals surface area contributed by atoms with Crippen LogP contribution in [0.4, 0.5) is 0 Å². The van der Waals surface area contributed by atoms with Gasteiger partial charge in [0.05, 0.1) is 4.88 Å². The lowest BCUT2D eigenvalue weighted by Gasteiger charge is -2.18. The summed E-state index contributed by atoms with van der Waals surface area (Å²) in [5.74, 6) is 1.99. The molecule has 0 radical (unpaired) electrons. The van der Waals surface area contributed by atoms with Crippen molar-refractivity contribution in [2.45, 2.75) is 12.8 Å². The van der Waals surface area contributed by atoms with Gasteiger partial charge in [-0.15, -0.1) is 11.3 Å². The number of nitrogens with one attached hydrogen (secondary N) is 1. The first-order valence-electron chi connectivity index (χ1n) is 7.75. The number of rotatable bonds is 4. The van der Waals surface area contributed by atoms with Crippen LogP contribution in [0, 0.1) is 17.8 Å². The van der Waals surface area contributed by atoms with Crippen molar-refractivity contribution in [1.82, 2.24) is 15.1 Å². The predicted molar refractivity (Wildman–Crippen MR) is 87.7 cm³/mol. The molecule has 114 valence electrons. The Labute approximate surface area is 133 Å². The maximum atomic E-state index is 12.4. The van der Waals surface area contributed by atoms with Crippen LogP contribution >= 0.6 is 11.3 Å². The molecule has 2 bridgehead atoms. The maximum Gasteiger partial charge on any atom is 0.269 e. The fraction of sp³-hybridized carbons (Fsp3) is 0.412. The third-order valence-corrected chi connectivity index (χ3v) is 5.72. The Kier molecular flexibility index (Phi) is 3.37.